The van der Waals surface area contributed by atoms with Gasteiger partial charge in [-0.15, -0.1) is 0 Å². The zero-order chi connectivity index (χ0) is 23.5. The van der Waals surface area contributed by atoms with E-state index < -0.39 is 0 Å². The van der Waals surface area contributed by atoms with Crippen LogP contribution in [0.1, 0.15) is 46.0 Å². The number of ether oxygens (including phenoxy) is 1. The SMILES string of the molecule is CC(=O)N1CCc2ccc(OCc3ccc(C(=O)N4CCSCC4)o3)cc2C1c1ccccc1. The van der Waals surface area contributed by atoms with E-state index >= 15 is 0 Å². The predicted molar refractivity (Wildman–Crippen MR) is 132 cm³/mol. The van der Waals surface area contributed by atoms with Gasteiger partial charge in [-0.05, 0) is 47.4 Å². The lowest BCUT2D eigenvalue weighted by molar-refractivity contribution is -0.130. The van der Waals surface area contributed by atoms with Gasteiger partial charge in [-0.3, -0.25) is 9.59 Å². The maximum Gasteiger partial charge on any atom is 0.289 e. The molecule has 1 unspecified atom stereocenters. The van der Waals surface area contributed by atoms with Gasteiger partial charge in [0.1, 0.15) is 18.1 Å². The highest BCUT2D eigenvalue weighted by atomic mass is 32.2. The summed E-state index contributed by atoms with van der Waals surface area (Å²) >= 11 is 1.87. The van der Waals surface area contributed by atoms with Gasteiger partial charge >= 0.3 is 0 Å². The number of carbonyl (C=O) groups is 2. The van der Waals surface area contributed by atoms with Gasteiger partial charge in [0.15, 0.2) is 5.76 Å². The van der Waals surface area contributed by atoms with Crippen molar-refractivity contribution < 1.29 is 18.7 Å². The summed E-state index contributed by atoms with van der Waals surface area (Å²) in [5.74, 6) is 3.61. The Balaban J connectivity index is 1.33. The number of rotatable bonds is 5. The van der Waals surface area contributed by atoms with Crippen molar-refractivity contribution in [3.63, 3.8) is 0 Å². The summed E-state index contributed by atoms with van der Waals surface area (Å²) in [6.45, 7) is 4.06. The number of amides is 2. The van der Waals surface area contributed by atoms with Crippen LogP contribution in [0.5, 0.6) is 5.75 Å². The van der Waals surface area contributed by atoms with E-state index in [1.807, 2.05) is 51.9 Å². The van der Waals surface area contributed by atoms with Crippen LogP contribution in [-0.4, -0.2) is 52.8 Å². The molecule has 0 radical (unpaired) electrons. The number of hydrogen-bond donors (Lipinski definition) is 0. The Morgan fingerprint density at radius 3 is 2.59 bits per heavy atom. The molecule has 2 amide bonds. The molecule has 0 bridgehead atoms. The molecule has 7 heteroatoms. The van der Waals surface area contributed by atoms with E-state index in [0.29, 0.717) is 23.8 Å². The summed E-state index contributed by atoms with van der Waals surface area (Å²) < 4.78 is 11.8. The van der Waals surface area contributed by atoms with Crippen LogP contribution in [0.2, 0.25) is 0 Å². The van der Waals surface area contributed by atoms with Gasteiger partial charge in [0.2, 0.25) is 5.91 Å². The average Bonchev–Trinajstić information content (AvgIpc) is 3.36. The number of furan rings is 1. The minimum Gasteiger partial charge on any atom is -0.486 e. The summed E-state index contributed by atoms with van der Waals surface area (Å²) in [6.07, 6.45) is 0.817. The second kappa shape index (κ2) is 9.97. The second-order valence-corrected chi connectivity index (χ2v) is 9.82. The normalized spacial score (nSPS) is 17.9. The molecule has 3 heterocycles. The smallest absolute Gasteiger partial charge is 0.289 e. The molecule has 2 aromatic carbocycles. The summed E-state index contributed by atoms with van der Waals surface area (Å²) in [5, 5.41) is 0. The van der Waals surface area contributed by atoms with E-state index in [9.17, 15) is 9.59 Å². The van der Waals surface area contributed by atoms with Crippen LogP contribution in [0.15, 0.2) is 65.1 Å². The zero-order valence-corrected chi connectivity index (χ0v) is 20.1. The van der Waals surface area contributed by atoms with Crippen molar-refractivity contribution in [2.24, 2.45) is 0 Å². The lowest BCUT2D eigenvalue weighted by atomic mass is 9.88. The first-order chi connectivity index (χ1) is 16.6. The molecule has 1 aromatic heterocycles. The monoisotopic (exact) mass is 476 g/mol. The lowest BCUT2D eigenvalue weighted by Gasteiger charge is -2.37. The molecule has 1 atom stereocenters. The van der Waals surface area contributed by atoms with Crippen molar-refractivity contribution in [1.82, 2.24) is 9.80 Å². The Morgan fingerprint density at radius 2 is 1.82 bits per heavy atom. The summed E-state index contributed by atoms with van der Waals surface area (Å²) in [5.41, 5.74) is 3.40. The molecule has 6 nitrogen and oxygen atoms in total. The molecular weight excluding hydrogens is 448 g/mol. The number of fused-ring (bicyclic) bond motifs is 1. The Kier molecular flexibility index (Phi) is 6.63. The quantitative estimate of drug-likeness (QED) is 0.541. The molecule has 0 N–H and O–H groups in total. The van der Waals surface area contributed by atoms with Gasteiger partial charge in [-0.1, -0.05) is 36.4 Å². The van der Waals surface area contributed by atoms with E-state index in [1.54, 1.807) is 19.1 Å². The van der Waals surface area contributed by atoms with Gasteiger partial charge in [-0.2, -0.15) is 11.8 Å². The topological polar surface area (TPSA) is 63.0 Å². The van der Waals surface area contributed by atoms with Crippen LogP contribution >= 0.6 is 11.8 Å². The van der Waals surface area contributed by atoms with Gasteiger partial charge in [0, 0.05) is 38.1 Å². The van der Waals surface area contributed by atoms with Crippen LogP contribution < -0.4 is 4.74 Å². The third-order valence-electron chi connectivity index (χ3n) is 6.42. The third kappa shape index (κ3) is 4.71. The van der Waals surface area contributed by atoms with Crippen LogP contribution in [0.4, 0.5) is 0 Å². The van der Waals surface area contributed by atoms with Gasteiger partial charge in [0.05, 0.1) is 6.04 Å². The van der Waals surface area contributed by atoms with Crippen molar-refractivity contribution in [2.45, 2.75) is 26.0 Å². The number of benzene rings is 2. The van der Waals surface area contributed by atoms with E-state index in [1.165, 1.54) is 5.56 Å². The highest BCUT2D eigenvalue weighted by molar-refractivity contribution is 7.99. The molecule has 0 spiro atoms. The molecule has 2 aliphatic heterocycles. The highest BCUT2D eigenvalue weighted by Crippen LogP contribution is 2.37. The molecule has 2 aliphatic rings. The van der Waals surface area contributed by atoms with Crippen LogP contribution in [0, 0.1) is 0 Å². The summed E-state index contributed by atoms with van der Waals surface area (Å²) in [4.78, 5) is 28.8. The highest BCUT2D eigenvalue weighted by Gasteiger charge is 2.30. The van der Waals surface area contributed by atoms with Crippen LogP contribution in [0.3, 0.4) is 0 Å². The molecule has 176 valence electrons. The number of nitrogens with zero attached hydrogens (tertiary/aromatic N) is 2. The Bertz CT molecular complexity index is 1170. The fourth-order valence-corrected chi connectivity index (χ4v) is 5.57. The van der Waals surface area contributed by atoms with Gasteiger partial charge < -0.3 is 19.0 Å². The first kappa shape index (κ1) is 22.6. The van der Waals surface area contributed by atoms with Crippen LogP contribution in [-0.2, 0) is 17.8 Å². The number of thioether (sulfide) groups is 1. The molecule has 0 aliphatic carbocycles. The van der Waals surface area contributed by atoms with Gasteiger partial charge in [-0.25, -0.2) is 0 Å². The summed E-state index contributed by atoms with van der Waals surface area (Å²) in [7, 11) is 0. The molecule has 5 rings (SSSR count). The fraction of sp³-hybridized carbons (Fsp3) is 0.333. The van der Waals surface area contributed by atoms with Gasteiger partial charge in [0.25, 0.3) is 5.91 Å². The molecular formula is C27H28N2O4S. The maximum absolute atomic E-state index is 12.7. The zero-order valence-electron chi connectivity index (χ0n) is 19.2. The maximum atomic E-state index is 12.7. The molecule has 1 fully saturated rings. The van der Waals surface area contributed by atoms with E-state index in [-0.39, 0.29) is 24.5 Å². The van der Waals surface area contributed by atoms with E-state index in [2.05, 4.69) is 18.2 Å². The Hall–Kier alpha value is -3.19. The fourth-order valence-electron chi connectivity index (χ4n) is 4.66. The van der Waals surface area contributed by atoms with Crippen LogP contribution in [0.25, 0.3) is 0 Å². The lowest BCUT2D eigenvalue weighted by Crippen LogP contribution is -2.39. The number of carbonyl (C=O) groups excluding carboxylic acids is 2. The van der Waals surface area contributed by atoms with Crippen molar-refractivity contribution in [3.05, 3.63) is 88.9 Å². The second-order valence-electron chi connectivity index (χ2n) is 8.60. The molecule has 1 saturated heterocycles. The minimum atomic E-state index is -0.137. The Morgan fingerprint density at radius 1 is 1.03 bits per heavy atom. The average molecular weight is 477 g/mol. The Labute approximate surface area is 203 Å². The summed E-state index contributed by atoms with van der Waals surface area (Å²) in [6, 6.07) is 19.6. The van der Waals surface area contributed by atoms with E-state index in [0.717, 1.165) is 42.1 Å². The van der Waals surface area contributed by atoms with Crippen molar-refractivity contribution in [2.75, 3.05) is 31.1 Å². The molecule has 0 saturated carbocycles. The standard InChI is InChI=1S/C27H28N2O4S/c1-19(30)29-12-11-20-7-8-22(17-24(20)26(29)21-5-3-2-4-6-21)32-18-23-9-10-25(33-23)27(31)28-13-15-34-16-14-28/h2-10,17,26H,11-16,18H2,1H3. The third-order valence-corrected chi connectivity index (χ3v) is 7.36. The van der Waals surface area contributed by atoms with Crippen molar-refractivity contribution >= 4 is 23.6 Å². The van der Waals surface area contributed by atoms with E-state index in [4.69, 9.17) is 9.15 Å². The molecule has 3 aromatic rings. The molecule has 34 heavy (non-hydrogen) atoms. The number of hydrogen-bond acceptors (Lipinski definition) is 5. The van der Waals surface area contributed by atoms with Crippen molar-refractivity contribution in [3.8, 4) is 5.75 Å². The van der Waals surface area contributed by atoms with Crippen molar-refractivity contribution in [1.29, 1.82) is 0 Å². The largest absolute Gasteiger partial charge is 0.486 e. The first-order valence-electron chi connectivity index (χ1n) is 11.6. The first-order valence-corrected chi connectivity index (χ1v) is 12.8. The predicted octanol–water partition coefficient (Wildman–Crippen LogP) is 4.54. The minimum absolute atomic E-state index is 0.0599.